The zero-order chi connectivity index (χ0) is 17.8. The third-order valence-electron chi connectivity index (χ3n) is 3.07. The molecular formula is C15H15F2N3O3S. The Balaban J connectivity index is 1.98. The van der Waals surface area contributed by atoms with Gasteiger partial charge in [0.1, 0.15) is 0 Å². The van der Waals surface area contributed by atoms with E-state index >= 15 is 0 Å². The number of hydrogen-bond acceptors (Lipinski definition) is 4. The summed E-state index contributed by atoms with van der Waals surface area (Å²) in [4.78, 5) is 15.1. The fourth-order valence-electron chi connectivity index (χ4n) is 1.78. The van der Waals surface area contributed by atoms with Crippen molar-refractivity contribution in [3.05, 3.63) is 54.4 Å². The van der Waals surface area contributed by atoms with Gasteiger partial charge in [0, 0.05) is 31.5 Å². The van der Waals surface area contributed by atoms with E-state index in [1.54, 1.807) is 24.5 Å². The summed E-state index contributed by atoms with van der Waals surface area (Å²) < 4.78 is 49.4. The van der Waals surface area contributed by atoms with E-state index in [1.807, 2.05) is 0 Å². The Hall–Kier alpha value is -2.55. The highest BCUT2D eigenvalue weighted by molar-refractivity contribution is 7.92. The van der Waals surface area contributed by atoms with E-state index in [9.17, 15) is 22.0 Å². The molecule has 2 aromatic rings. The molecule has 24 heavy (non-hydrogen) atoms. The van der Waals surface area contributed by atoms with Crippen molar-refractivity contribution in [1.29, 1.82) is 0 Å². The van der Waals surface area contributed by atoms with E-state index in [1.165, 1.54) is 12.1 Å². The zero-order valence-electron chi connectivity index (χ0n) is 12.7. The second kappa shape index (κ2) is 6.91. The van der Waals surface area contributed by atoms with Crippen LogP contribution in [0.2, 0.25) is 0 Å². The van der Waals surface area contributed by atoms with Crippen molar-refractivity contribution in [2.45, 2.75) is 23.6 Å². The molecule has 0 aliphatic carbocycles. The molecular weight excluding hydrogens is 340 g/mol. The number of halogens is 2. The molecule has 128 valence electrons. The summed E-state index contributed by atoms with van der Waals surface area (Å²) in [6.07, 6.45) is 3.21. The standard InChI is InChI=1S/C15H15F2N3O3S/c1-15(16,17)24(22,23)13-6-4-12(5-7-13)20-14(21)19-10-11-3-2-8-18-9-11/h2-9H,10H2,1H3,(H2,19,20,21). The van der Waals surface area contributed by atoms with Crippen molar-refractivity contribution in [1.82, 2.24) is 10.3 Å². The molecule has 0 unspecified atom stereocenters. The Morgan fingerprint density at radius 1 is 1.21 bits per heavy atom. The molecule has 1 aromatic heterocycles. The Morgan fingerprint density at radius 2 is 1.88 bits per heavy atom. The quantitative estimate of drug-likeness (QED) is 0.863. The number of aromatic nitrogens is 1. The number of urea groups is 1. The lowest BCUT2D eigenvalue weighted by Crippen LogP contribution is -2.28. The molecule has 0 aliphatic heterocycles. The van der Waals surface area contributed by atoms with Gasteiger partial charge < -0.3 is 10.6 Å². The highest BCUT2D eigenvalue weighted by atomic mass is 32.2. The summed E-state index contributed by atoms with van der Waals surface area (Å²) in [5, 5.41) is 1.19. The topological polar surface area (TPSA) is 88.2 Å². The number of carbonyl (C=O) groups excluding carboxylic acids is 1. The highest BCUT2D eigenvalue weighted by Gasteiger charge is 2.40. The summed E-state index contributed by atoms with van der Waals surface area (Å²) >= 11 is 0. The molecule has 0 aliphatic rings. The minimum Gasteiger partial charge on any atom is -0.334 e. The van der Waals surface area contributed by atoms with Crippen LogP contribution >= 0.6 is 0 Å². The summed E-state index contributed by atoms with van der Waals surface area (Å²) in [5.41, 5.74) is 1.08. The second-order valence-electron chi connectivity index (χ2n) is 5.00. The third-order valence-corrected chi connectivity index (χ3v) is 4.91. The molecule has 0 saturated heterocycles. The maximum Gasteiger partial charge on any atom is 0.347 e. The largest absolute Gasteiger partial charge is 0.347 e. The van der Waals surface area contributed by atoms with Crippen LogP contribution in [0, 0.1) is 0 Å². The van der Waals surface area contributed by atoms with Gasteiger partial charge in [0.05, 0.1) is 4.90 Å². The van der Waals surface area contributed by atoms with Crippen LogP contribution in [0.3, 0.4) is 0 Å². The predicted octanol–water partition coefficient (Wildman–Crippen LogP) is 2.79. The average molecular weight is 355 g/mol. The summed E-state index contributed by atoms with van der Waals surface area (Å²) in [6.45, 7) is 0.578. The molecule has 0 bridgehead atoms. The number of anilines is 1. The number of nitrogens with zero attached hydrogens (tertiary/aromatic N) is 1. The van der Waals surface area contributed by atoms with Gasteiger partial charge in [-0.3, -0.25) is 4.98 Å². The minimum absolute atomic E-state index is 0.258. The first-order valence-electron chi connectivity index (χ1n) is 6.86. The Labute approximate surface area is 137 Å². The number of sulfone groups is 1. The maximum absolute atomic E-state index is 13.1. The van der Waals surface area contributed by atoms with Crippen LogP contribution in [0.4, 0.5) is 19.3 Å². The number of benzene rings is 1. The van der Waals surface area contributed by atoms with Crippen LogP contribution in [0.15, 0.2) is 53.7 Å². The van der Waals surface area contributed by atoms with Gasteiger partial charge in [0.15, 0.2) is 0 Å². The number of pyridine rings is 1. The van der Waals surface area contributed by atoms with Crippen LogP contribution in [-0.4, -0.2) is 24.7 Å². The maximum atomic E-state index is 13.1. The van der Waals surface area contributed by atoms with E-state index in [0.29, 0.717) is 6.92 Å². The predicted molar refractivity (Wildman–Crippen MR) is 84.3 cm³/mol. The smallest absolute Gasteiger partial charge is 0.334 e. The third kappa shape index (κ3) is 4.25. The van der Waals surface area contributed by atoms with E-state index in [2.05, 4.69) is 15.6 Å². The highest BCUT2D eigenvalue weighted by Crippen LogP contribution is 2.28. The van der Waals surface area contributed by atoms with Gasteiger partial charge in [-0.1, -0.05) is 6.07 Å². The second-order valence-corrected chi connectivity index (χ2v) is 7.20. The number of carbonyl (C=O) groups is 1. The van der Waals surface area contributed by atoms with E-state index in [4.69, 9.17) is 0 Å². The molecule has 1 aromatic carbocycles. The number of alkyl halides is 2. The van der Waals surface area contributed by atoms with Gasteiger partial charge in [-0.25, -0.2) is 13.2 Å². The van der Waals surface area contributed by atoms with Gasteiger partial charge in [0.25, 0.3) is 0 Å². The van der Waals surface area contributed by atoms with Gasteiger partial charge >= 0.3 is 11.3 Å². The first kappa shape index (κ1) is 17.8. The lowest BCUT2D eigenvalue weighted by Gasteiger charge is -2.12. The molecule has 0 spiro atoms. The van der Waals surface area contributed by atoms with Gasteiger partial charge in [-0.15, -0.1) is 0 Å². The minimum atomic E-state index is -4.74. The van der Waals surface area contributed by atoms with Gasteiger partial charge in [-0.2, -0.15) is 8.78 Å². The van der Waals surface area contributed by atoms with Crippen LogP contribution in [-0.2, 0) is 16.4 Å². The van der Waals surface area contributed by atoms with Gasteiger partial charge in [0.2, 0.25) is 9.84 Å². The molecule has 2 N–H and O–H groups in total. The molecule has 0 atom stereocenters. The van der Waals surface area contributed by atoms with Gasteiger partial charge in [-0.05, 0) is 35.9 Å². The number of amides is 2. The molecule has 2 amide bonds. The van der Waals surface area contributed by atoms with Crippen molar-refractivity contribution >= 4 is 21.6 Å². The van der Waals surface area contributed by atoms with Crippen molar-refractivity contribution in [2.75, 3.05) is 5.32 Å². The SMILES string of the molecule is CC(F)(F)S(=O)(=O)c1ccc(NC(=O)NCc2cccnc2)cc1. The number of rotatable bonds is 5. The van der Waals surface area contributed by atoms with Crippen LogP contribution in [0.1, 0.15) is 12.5 Å². The van der Waals surface area contributed by atoms with E-state index in [0.717, 1.165) is 17.7 Å². The fraction of sp³-hybridized carbons (Fsp3) is 0.200. The molecule has 9 heteroatoms. The summed E-state index contributed by atoms with van der Waals surface area (Å²) in [5.74, 6) is 0. The Bertz CT molecular complexity index is 804. The van der Waals surface area contributed by atoms with Crippen molar-refractivity contribution in [2.24, 2.45) is 0 Å². The summed E-state index contributed by atoms with van der Waals surface area (Å²) in [6, 6.07) is 7.52. The molecule has 0 saturated carbocycles. The van der Waals surface area contributed by atoms with Crippen LogP contribution < -0.4 is 10.6 Å². The zero-order valence-corrected chi connectivity index (χ0v) is 13.5. The number of hydrogen-bond donors (Lipinski definition) is 2. The van der Waals surface area contributed by atoms with Crippen molar-refractivity contribution < 1.29 is 22.0 Å². The normalized spacial score (nSPS) is 11.8. The fourth-order valence-corrected chi connectivity index (χ4v) is 2.69. The van der Waals surface area contributed by atoms with E-state index < -0.39 is 26.0 Å². The van der Waals surface area contributed by atoms with Crippen LogP contribution in [0.25, 0.3) is 0 Å². The Kier molecular flexibility index (Phi) is 5.13. The van der Waals surface area contributed by atoms with E-state index in [-0.39, 0.29) is 12.2 Å². The lowest BCUT2D eigenvalue weighted by molar-refractivity contribution is 0.114. The first-order valence-corrected chi connectivity index (χ1v) is 8.35. The molecule has 6 nitrogen and oxygen atoms in total. The average Bonchev–Trinajstić information content (AvgIpc) is 2.53. The van der Waals surface area contributed by atoms with Crippen molar-refractivity contribution in [3.63, 3.8) is 0 Å². The Morgan fingerprint density at radius 3 is 2.42 bits per heavy atom. The molecule has 1 heterocycles. The number of nitrogens with one attached hydrogen (secondary N) is 2. The monoisotopic (exact) mass is 355 g/mol. The lowest BCUT2D eigenvalue weighted by atomic mass is 10.3. The van der Waals surface area contributed by atoms with Crippen molar-refractivity contribution in [3.8, 4) is 0 Å². The molecule has 0 fully saturated rings. The molecule has 2 rings (SSSR count). The van der Waals surface area contributed by atoms with Crippen LogP contribution in [0.5, 0.6) is 0 Å². The molecule has 0 radical (unpaired) electrons. The first-order chi connectivity index (χ1) is 11.2. The summed E-state index contributed by atoms with van der Waals surface area (Å²) in [7, 11) is -4.74.